The summed E-state index contributed by atoms with van der Waals surface area (Å²) in [7, 11) is -2.63. The summed E-state index contributed by atoms with van der Waals surface area (Å²) in [6.07, 6.45) is 0. The van der Waals surface area contributed by atoms with Gasteiger partial charge in [0.1, 0.15) is 6.04 Å². The number of aryl methyl sites for hydroxylation is 2. The predicted molar refractivity (Wildman–Crippen MR) is 98.4 cm³/mol. The third-order valence-electron chi connectivity index (χ3n) is 4.36. The van der Waals surface area contributed by atoms with Gasteiger partial charge in [-0.3, -0.25) is 4.79 Å². The Hall–Kier alpha value is -1.92. The molecule has 0 aromatic heterocycles. The molecule has 6 heteroatoms. The van der Waals surface area contributed by atoms with Gasteiger partial charge >= 0.3 is 5.97 Å². The van der Waals surface area contributed by atoms with Gasteiger partial charge < -0.3 is 4.74 Å². The number of carbonyl (C=O) groups is 1. The number of fused-ring (bicyclic) bond motifs is 1. The first kappa shape index (κ1) is 19.4. The number of rotatable bonds is 5. The van der Waals surface area contributed by atoms with Crippen molar-refractivity contribution < 1.29 is 17.9 Å². The fourth-order valence-electron chi connectivity index (χ4n) is 2.88. The fraction of sp³-hybridized carbons (Fsp3) is 0.421. The number of ether oxygens (including phenoxy) is 1. The average molecular weight is 363 g/mol. The molecule has 0 radical (unpaired) electrons. The van der Waals surface area contributed by atoms with Crippen molar-refractivity contribution in [2.45, 2.75) is 51.5 Å². The van der Waals surface area contributed by atoms with Gasteiger partial charge in [-0.15, -0.1) is 0 Å². The smallest absolute Gasteiger partial charge is 0.323 e. The number of methoxy groups -OCH3 is 1. The first-order valence-corrected chi connectivity index (χ1v) is 9.70. The molecule has 25 heavy (non-hydrogen) atoms. The van der Waals surface area contributed by atoms with Gasteiger partial charge in [-0.1, -0.05) is 32.0 Å². The fourth-order valence-corrected chi connectivity index (χ4v) is 4.44. The summed E-state index contributed by atoms with van der Waals surface area (Å²) >= 11 is 0. The standard InChI is InChI=1S/C19H25NO4S/c1-11(2)15-8-7-12(3)18-16(10-15)13(4)9-17(18)25(22,23)20-14(5)19(21)24-6/h7-11,14,20H,1-6H3. The molecule has 2 rings (SSSR count). The maximum atomic E-state index is 12.8. The van der Waals surface area contributed by atoms with Crippen LogP contribution in [0.1, 0.15) is 43.4 Å². The van der Waals surface area contributed by atoms with Crippen molar-refractivity contribution in [1.82, 2.24) is 4.72 Å². The largest absolute Gasteiger partial charge is 0.468 e. The SMILES string of the molecule is COC(=O)C(C)NS(=O)(=O)c1cc(C)c2cc(C(C)C)ccc(C)c1-2. The lowest BCUT2D eigenvalue weighted by Crippen LogP contribution is -2.39. The van der Waals surface area contributed by atoms with Crippen LogP contribution in [0.2, 0.25) is 0 Å². The van der Waals surface area contributed by atoms with Gasteiger partial charge in [0.05, 0.1) is 12.0 Å². The number of esters is 1. The Labute approximate surface area is 149 Å². The molecule has 5 nitrogen and oxygen atoms in total. The third kappa shape index (κ3) is 3.85. The molecule has 0 heterocycles. The van der Waals surface area contributed by atoms with E-state index in [0.29, 0.717) is 11.5 Å². The second-order valence-electron chi connectivity index (χ2n) is 6.66. The minimum absolute atomic E-state index is 0.194. The molecule has 0 amide bonds. The highest BCUT2D eigenvalue weighted by Crippen LogP contribution is 2.38. The highest BCUT2D eigenvalue weighted by atomic mass is 32.2. The normalized spacial score (nSPS) is 13.2. The van der Waals surface area contributed by atoms with E-state index in [1.54, 1.807) is 6.07 Å². The van der Waals surface area contributed by atoms with Crippen LogP contribution in [0.15, 0.2) is 29.2 Å². The maximum absolute atomic E-state index is 12.8. The van der Waals surface area contributed by atoms with Crippen molar-refractivity contribution >= 4 is 16.0 Å². The molecular weight excluding hydrogens is 338 g/mol. The van der Waals surface area contributed by atoms with Crippen LogP contribution in [0.25, 0.3) is 11.1 Å². The quantitative estimate of drug-likeness (QED) is 0.827. The monoisotopic (exact) mass is 363 g/mol. The number of hydrogen-bond donors (Lipinski definition) is 1. The number of sulfonamides is 1. The van der Waals surface area contributed by atoms with Gasteiger partial charge in [-0.05, 0) is 55.0 Å². The molecule has 1 atom stereocenters. The maximum Gasteiger partial charge on any atom is 0.323 e. The van der Waals surface area contributed by atoms with E-state index in [4.69, 9.17) is 0 Å². The Morgan fingerprint density at radius 3 is 2.28 bits per heavy atom. The summed E-state index contributed by atoms with van der Waals surface area (Å²) in [5.74, 6) is -0.289. The molecule has 0 aromatic rings. The molecule has 2 aliphatic carbocycles. The summed E-state index contributed by atoms with van der Waals surface area (Å²) in [5.41, 5.74) is 4.52. The van der Waals surface area contributed by atoms with Crippen molar-refractivity contribution in [2.75, 3.05) is 7.11 Å². The van der Waals surface area contributed by atoms with Crippen LogP contribution in [0, 0.1) is 13.8 Å². The molecule has 0 fully saturated rings. The van der Waals surface area contributed by atoms with Crippen molar-refractivity contribution in [3.63, 3.8) is 0 Å². The van der Waals surface area contributed by atoms with Crippen LogP contribution < -0.4 is 4.72 Å². The van der Waals surface area contributed by atoms with Gasteiger partial charge in [0.15, 0.2) is 0 Å². The summed E-state index contributed by atoms with van der Waals surface area (Å²) < 4.78 is 32.7. The van der Waals surface area contributed by atoms with E-state index < -0.39 is 22.0 Å². The summed E-state index contributed by atoms with van der Waals surface area (Å²) in [6.45, 7) is 9.46. The van der Waals surface area contributed by atoms with E-state index in [9.17, 15) is 13.2 Å². The van der Waals surface area contributed by atoms with E-state index in [1.807, 2.05) is 32.0 Å². The zero-order valence-corrected chi connectivity index (χ0v) is 16.3. The lowest BCUT2D eigenvalue weighted by atomic mass is 10.0. The molecule has 2 aliphatic rings. The van der Waals surface area contributed by atoms with Crippen molar-refractivity contribution in [3.05, 3.63) is 41.0 Å². The van der Waals surface area contributed by atoms with Crippen LogP contribution in [-0.4, -0.2) is 27.5 Å². The van der Waals surface area contributed by atoms with Crippen molar-refractivity contribution in [1.29, 1.82) is 0 Å². The summed E-state index contributed by atoms with van der Waals surface area (Å²) in [4.78, 5) is 11.8. The zero-order chi connectivity index (χ0) is 18.9. The Balaban J connectivity index is 2.60. The molecule has 0 saturated heterocycles. The van der Waals surface area contributed by atoms with Crippen LogP contribution in [-0.2, 0) is 19.6 Å². The van der Waals surface area contributed by atoms with Gasteiger partial charge in [0, 0.05) is 5.56 Å². The first-order chi connectivity index (χ1) is 11.6. The third-order valence-corrected chi connectivity index (χ3v) is 5.93. The Bertz CT molecular complexity index is 871. The van der Waals surface area contributed by atoms with Crippen molar-refractivity contribution in [2.24, 2.45) is 0 Å². The highest BCUT2D eigenvalue weighted by molar-refractivity contribution is 7.89. The molecule has 0 spiro atoms. The first-order valence-electron chi connectivity index (χ1n) is 8.22. The summed E-state index contributed by atoms with van der Waals surface area (Å²) in [5, 5.41) is 0. The lowest BCUT2D eigenvalue weighted by molar-refractivity contribution is -0.142. The zero-order valence-electron chi connectivity index (χ0n) is 15.5. The minimum Gasteiger partial charge on any atom is -0.468 e. The molecule has 0 saturated carbocycles. The van der Waals surface area contributed by atoms with E-state index in [-0.39, 0.29) is 4.90 Å². The van der Waals surface area contributed by atoms with E-state index in [2.05, 4.69) is 23.3 Å². The Kier molecular flexibility index (Phi) is 5.54. The molecular formula is C19H25NO4S. The molecule has 1 unspecified atom stereocenters. The van der Waals surface area contributed by atoms with Crippen LogP contribution in [0.4, 0.5) is 0 Å². The van der Waals surface area contributed by atoms with Crippen LogP contribution in [0.3, 0.4) is 0 Å². The highest BCUT2D eigenvalue weighted by Gasteiger charge is 2.28. The van der Waals surface area contributed by atoms with E-state index in [0.717, 1.165) is 22.3 Å². The Morgan fingerprint density at radius 1 is 1.08 bits per heavy atom. The minimum atomic E-state index is -3.86. The predicted octanol–water partition coefficient (Wildman–Crippen LogP) is 3.37. The number of hydrogen-bond acceptors (Lipinski definition) is 4. The summed E-state index contributed by atoms with van der Waals surface area (Å²) in [6, 6.07) is 6.73. The van der Waals surface area contributed by atoms with Crippen LogP contribution >= 0.6 is 0 Å². The van der Waals surface area contributed by atoms with Crippen molar-refractivity contribution in [3.8, 4) is 11.1 Å². The second kappa shape index (κ2) is 7.14. The molecule has 1 N–H and O–H groups in total. The topological polar surface area (TPSA) is 72.5 Å². The van der Waals surface area contributed by atoms with Gasteiger partial charge in [-0.2, -0.15) is 4.72 Å². The van der Waals surface area contributed by atoms with Gasteiger partial charge in [0.2, 0.25) is 10.0 Å². The number of carbonyl (C=O) groups excluding carboxylic acids is 1. The second-order valence-corrected chi connectivity index (χ2v) is 8.34. The molecule has 0 aliphatic heterocycles. The number of nitrogens with one attached hydrogen (secondary N) is 1. The molecule has 0 aromatic carbocycles. The lowest BCUT2D eigenvalue weighted by Gasteiger charge is -2.13. The van der Waals surface area contributed by atoms with E-state index >= 15 is 0 Å². The van der Waals surface area contributed by atoms with E-state index in [1.165, 1.54) is 14.0 Å². The molecule has 136 valence electrons. The molecule has 0 bridgehead atoms. The average Bonchev–Trinajstić information content (AvgIpc) is 2.76. The van der Waals surface area contributed by atoms with Crippen LogP contribution in [0.5, 0.6) is 0 Å². The van der Waals surface area contributed by atoms with Gasteiger partial charge in [0.25, 0.3) is 0 Å². The Morgan fingerprint density at radius 2 is 1.72 bits per heavy atom. The van der Waals surface area contributed by atoms with Gasteiger partial charge in [-0.25, -0.2) is 8.42 Å².